The molecule has 0 aliphatic heterocycles. The smallest absolute Gasteiger partial charge is 0.0991 e. The Balaban J connectivity index is 2.43. The topological polar surface area (TPSA) is 23.8 Å². The lowest BCUT2D eigenvalue weighted by Gasteiger charge is -2.04. The van der Waals surface area contributed by atoms with Gasteiger partial charge in [0.15, 0.2) is 0 Å². The van der Waals surface area contributed by atoms with Crippen molar-refractivity contribution in [3.8, 4) is 17.2 Å². The van der Waals surface area contributed by atoms with Crippen molar-refractivity contribution < 1.29 is 0 Å². The van der Waals surface area contributed by atoms with E-state index in [2.05, 4.69) is 53.8 Å². The average Bonchev–Trinajstić information content (AvgIpc) is 2.33. The number of hydrogen-bond donors (Lipinski definition) is 0. The minimum Gasteiger partial charge on any atom is -0.192 e. The molecule has 0 unspecified atom stereocenters. The highest BCUT2D eigenvalue weighted by Gasteiger charge is 2.00. The molecular weight excluding hydrogens is 309 g/mol. The molecule has 2 heteroatoms. The van der Waals surface area contributed by atoms with Gasteiger partial charge in [-0.15, -0.1) is 0 Å². The van der Waals surface area contributed by atoms with E-state index in [0.717, 1.165) is 5.56 Å². The Labute approximate surface area is 109 Å². The second-order valence-corrected chi connectivity index (χ2v) is 4.82. The predicted octanol–water partition coefficient (Wildman–Crippen LogP) is 4.14. The Morgan fingerprint density at radius 1 is 1.00 bits per heavy atom. The molecule has 0 atom stereocenters. The van der Waals surface area contributed by atoms with Crippen LogP contribution in [0.15, 0.2) is 42.5 Å². The third kappa shape index (κ3) is 2.25. The Kier molecular flexibility index (Phi) is 3.25. The molecule has 0 spiro atoms. The summed E-state index contributed by atoms with van der Waals surface area (Å²) in [5.74, 6) is 0. The van der Waals surface area contributed by atoms with E-state index < -0.39 is 0 Å². The minimum atomic E-state index is 0.700. The molecule has 0 aliphatic carbocycles. The molecule has 1 nitrogen and oxygen atoms in total. The number of aryl methyl sites for hydroxylation is 1. The lowest BCUT2D eigenvalue weighted by atomic mass is 10.0. The normalized spacial score (nSPS) is 9.81. The number of rotatable bonds is 1. The molecule has 0 saturated carbocycles. The first-order chi connectivity index (χ1) is 7.70. The van der Waals surface area contributed by atoms with Gasteiger partial charge in [0, 0.05) is 3.57 Å². The number of hydrogen-bond acceptors (Lipinski definition) is 1. The third-order valence-corrected chi connectivity index (χ3v) is 3.68. The fraction of sp³-hybridized carbons (Fsp3) is 0.0714. The molecule has 0 bridgehead atoms. The minimum absolute atomic E-state index is 0.700. The summed E-state index contributed by atoms with van der Waals surface area (Å²) >= 11 is 2.34. The maximum atomic E-state index is 8.73. The van der Waals surface area contributed by atoms with Crippen molar-refractivity contribution in [2.45, 2.75) is 6.92 Å². The summed E-state index contributed by atoms with van der Waals surface area (Å²) in [4.78, 5) is 0. The quantitative estimate of drug-likeness (QED) is 0.725. The first kappa shape index (κ1) is 11.2. The molecule has 0 amide bonds. The average molecular weight is 319 g/mol. The van der Waals surface area contributed by atoms with Gasteiger partial charge in [0.2, 0.25) is 0 Å². The number of nitriles is 1. The van der Waals surface area contributed by atoms with Crippen LogP contribution in [0.1, 0.15) is 11.1 Å². The SMILES string of the molecule is Cc1ccc(-c2ccc(C#N)cc2)cc1I. The van der Waals surface area contributed by atoms with Gasteiger partial charge in [-0.05, 0) is 64.4 Å². The van der Waals surface area contributed by atoms with Crippen LogP contribution < -0.4 is 0 Å². The van der Waals surface area contributed by atoms with E-state index in [0.29, 0.717) is 5.56 Å². The summed E-state index contributed by atoms with van der Waals surface area (Å²) in [6.45, 7) is 2.10. The van der Waals surface area contributed by atoms with E-state index in [-0.39, 0.29) is 0 Å². The van der Waals surface area contributed by atoms with Crippen LogP contribution in [0, 0.1) is 21.8 Å². The molecule has 2 aromatic rings. The number of nitrogens with zero attached hydrogens (tertiary/aromatic N) is 1. The maximum Gasteiger partial charge on any atom is 0.0991 e. The summed E-state index contributed by atoms with van der Waals surface area (Å²) in [7, 11) is 0. The lowest BCUT2D eigenvalue weighted by molar-refractivity contribution is 1.42. The van der Waals surface area contributed by atoms with Gasteiger partial charge in [-0.3, -0.25) is 0 Å². The van der Waals surface area contributed by atoms with Crippen molar-refractivity contribution in [2.24, 2.45) is 0 Å². The maximum absolute atomic E-state index is 8.73. The van der Waals surface area contributed by atoms with Crippen molar-refractivity contribution in [1.82, 2.24) is 0 Å². The third-order valence-electron chi connectivity index (χ3n) is 2.52. The molecule has 2 rings (SSSR count). The molecule has 0 fully saturated rings. The second kappa shape index (κ2) is 4.67. The van der Waals surface area contributed by atoms with E-state index in [4.69, 9.17) is 5.26 Å². The van der Waals surface area contributed by atoms with Crippen molar-refractivity contribution in [3.63, 3.8) is 0 Å². The van der Waals surface area contributed by atoms with Gasteiger partial charge in [-0.25, -0.2) is 0 Å². The van der Waals surface area contributed by atoms with Gasteiger partial charge in [-0.1, -0.05) is 24.3 Å². The zero-order valence-corrected chi connectivity index (χ0v) is 11.0. The highest BCUT2D eigenvalue weighted by Crippen LogP contribution is 2.23. The zero-order chi connectivity index (χ0) is 11.5. The molecular formula is C14H10IN. The molecule has 0 radical (unpaired) electrons. The fourth-order valence-electron chi connectivity index (χ4n) is 1.51. The Bertz CT molecular complexity index is 550. The van der Waals surface area contributed by atoms with Crippen LogP contribution in [0.3, 0.4) is 0 Å². The van der Waals surface area contributed by atoms with Crippen molar-refractivity contribution in [3.05, 3.63) is 57.2 Å². The number of benzene rings is 2. The predicted molar refractivity (Wildman–Crippen MR) is 74.0 cm³/mol. The molecule has 16 heavy (non-hydrogen) atoms. The summed E-state index contributed by atoms with van der Waals surface area (Å²) < 4.78 is 1.26. The summed E-state index contributed by atoms with van der Waals surface area (Å²) in [5.41, 5.74) is 4.33. The van der Waals surface area contributed by atoms with Crippen LogP contribution in [0.5, 0.6) is 0 Å². The van der Waals surface area contributed by atoms with Gasteiger partial charge in [0.05, 0.1) is 11.6 Å². The van der Waals surface area contributed by atoms with Gasteiger partial charge in [0.25, 0.3) is 0 Å². The monoisotopic (exact) mass is 319 g/mol. The largest absolute Gasteiger partial charge is 0.192 e. The van der Waals surface area contributed by atoms with Crippen LogP contribution in [-0.4, -0.2) is 0 Å². The molecule has 0 saturated heterocycles. The van der Waals surface area contributed by atoms with Crippen molar-refractivity contribution in [2.75, 3.05) is 0 Å². The molecule has 2 aromatic carbocycles. The van der Waals surface area contributed by atoms with E-state index in [1.54, 1.807) is 0 Å². The van der Waals surface area contributed by atoms with Gasteiger partial charge in [-0.2, -0.15) is 5.26 Å². The fourth-order valence-corrected chi connectivity index (χ4v) is 2.02. The first-order valence-corrected chi connectivity index (χ1v) is 6.05. The highest BCUT2D eigenvalue weighted by atomic mass is 127. The first-order valence-electron chi connectivity index (χ1n) is 4.97. The van der Waals surface area contributed by atoms with Gasteiger partial charge >= 0.3 is 0 Å². The van der Waals surface area contributed by atoms with Gasteiger partial charge in [0.1, 0.15) is 0 Å². The van der Waals surface area contributed by atoms with Crippen LogP contribution in [0.4, 0.5) is 0 Å². The van der Waals surface area contributed by atoms with Crippen LogP contribution in [0.25, 0.3) is 11.1 Å². The number of halogens is 1. The molecule has 0 aromatic heterocycles. The van der Waals surface area contributed by atoms with Crippen LogP contribution >= 0.6 is 22.6 Å². The van der Waals surface area contributed by atoms with E-state index in [1.807, 2.05) is 24.3 Å². The lowest BCUT2D eigenvalue weighted by Crippen LogP contribution is -1.83. The van der Waals surface area contributed by atoms with E-state index in [9.17, 15) is 0 Å². The summed E-state index contributed by atoms with van der Waals surface area (Å²) in [6.07, 6.45) is 0. The van der Waals surface area contributed by atoms with Crippen LogP contribution in [-0.2, 0) is 0 Å². The molecule has 0 aliphatic rings. The zero-order valence-electron chi connectivity index (χ0n) is 8.87. The summed E-state index contributed by atoms with van der Waals surface area (Å²) in [5, 5.41) is 8.73. The summed E-state index contributed by atoms with van der Waals surface area (Å²) in [6, 6.07) is 16.2. The van der Waals surface area contributed by atoms with Gasteiger partial charge < -0.3 is 0 Å². The Hall–Kier alpha value is -1.34. The molecule has 0 heterocycles. The standard InChI is InChI=1S/C14H10IN/c1-10-2-5-13(8-14(10)15)12-6-3-11(9-16)4-7-12/h2-8H,1H3. The Morgan fingerprint density at radius 3 is 2.19 bits per heavy atom. The van der Waals surface area contributed by atoms with Crippen molar-refractivity contribution >= 4 is 22.6 Å². The second-order valence-electron chi connectivity index (χ2n) is 3.65. The Morgan fingerprint density at radius 2 is 1.62 bits per heavy atom. The van der Waals surface area contributed by atoms with E-state index >= 15 is 0 Å². The van der Waals surface area contributed by atoms with E-state index in [1.165, 1.54) is 14.7 Å². The molecule has 0 N–H and O–H groups in total. The van der Waals surface area contributed by atoms with Crippen LogP contribution in [0.2, 0.25) is 0 Å². The molecule has 78 valence electrons. The van der Waals surface area contributed by atoms with Crippen molar-refractivity contribution in [1.29, 1.82) is 5.26 Å². The highest BCUT2D eigenvalue weighted by molar-refractivity contribution is 14.1.